The van der Waals surface area contributed by atoms with Crippen molar-refractivity contribution in [2.24, 2.45) is 5.92 Å². The number of hydrogen-bond donors (Lipinski definition) is 1. The highest BCUT2D eigenvalue weighted by Crippen LogP contribution is 2.19. The number of likely N-dealkylation sites (tertiary alicyclic amines) is 1. The lowest BCUT2D eigenvalue weighted by Gasteiger charge is -2.17. The lowest BCUT2D eigenvalue weighted by atomic mass is 10.1. The fourth-order valence-electron chi connectivity index (χ4n) is 2.44. The molecule has 0 aromatic heterocycles. The molecule has 1 N–H and O–H groups in total. The number of halogens is 1. The van der Waals surface area contributed by atoms with Crippen LogP contribution >= 0.6 is 0 Å². The van der Waals surface area contributed by atoms with Crippen molar-refractivity contribution in [3.05, 3.63) is 47.1 Å². The summed E-state index contributed by atoms with van der Waals surface area (Å²) in [6.45, 7) is 6.17. The third-order valence-corrected chi connectivity index (χ3v) is 4.78. The molecule has 1 unspecified atom stereocenters. The molecule has 1 atom stereocenters. The van der Waals surface area contributed by atoms with E-state index in [-0.39, 0.29) is 24.2 Å². The van der Waals surface area contributed by atoms with Crippen LogP contribution in [0.5, 0.6) is 0 Å². The summed E-state index contributed by atoms with van der Waals surface area (Å²) in [5.74, 6) is -0.424. The predicted octanol–water partition coefficient (Wildman–Crippen LogP) is 1.66. The Morgan fingerprint density at radius 1 is 1.55 bits per heavy atom. The summed E-state index contributed by atoms with van der Waals surface area (Å²) in [5, 5.41) is 0.867. The van der Waals surface area contributed by atoms with Crippen LogP contribution in [0.1, 0.15) is 22.3 Å². The zero-order chi connectivity index (χ0) is 16.3. The van der Waals surface area contributed by atoms with Crippen molar-refractivity contribution in [1.82, 2.24) is 9.62 Å². The molecule has 1 fully saturated rings. The molecule has 120 valence electrons. The maximum Gasteiger partial charge on any atom is 0.253 e. The Kier molecular flexibility index (Phi) is 4.97. The SMILES string of the molecule is C=CS(=O)(=O)NCC1CCN(C(=O)c2ccc(F)c(C)c2)C1. The number of sulfonamides is 1. The van der Waals surface area contributed by atoms with E-state index in [0.29, 0.717) is 24.2 Å². The fourth-order valence-corrected chi connectivity index (χ4v) is 3.02. The molecule has 2 rings (SSSR count). The molecule has 1 saturated heterocycles. The van der Waals surface area contributed by atoms with Gasteiger partial charge < -0.3 is 4.90 Å². The lowest BCUT2D eigenvalue weighted by Crippen LogP contribution is -2.32. The Morgan fingerprint density at radius 3 is 2.91 bits per heavy atom. The maximum absolute atomic E-state index is 13.2. The minimum atomic E-state index is -3.44. The first-order chi connectivity index (χ1) is 10.3. The van der Waals surface area contributed by atoms with Crippen molar-refractivity contribution in [2.75, 3.05) is 19.6 Å². The Labute approximate surface area is 129 Å². The third-order valence-electron chi connectivity index (χ3n) is 3.77. The fraction of sp³-hybridized carbons (Fsp3) is 0.400. The van der Waals surface area contributed by atoms with E-state index in [0.717, 1.165) is 11.8 Å². The van der Waals surface area contributed by atoms with E-state index in [2.05, 4.69) is 11.3 Å². The zero-order valence-corrected chi connectivity index (χ0v) is 13.2. The molecule has 0 spiro atoms. The minimum Gasteiger partial charge on any atom is -0.338 e. The molecule has 1 aliphatic heterocycles. The quantitative estimate of drug-likeness (QED) is 0.895. The summed E-state index contributed by atoms with van der Waals surface area (Å²) in [4.78, 5) is 14.0. The average Bonchev–Trinajstić information content (AvgIpc) is 2.96. The molecule has 0 bridgehead atoms. The van der Waals surface area contributed by atoms with Gasteiger partial charge in [0.15, 0.2) is 0 Å². The number of aryl methyl sites for hydroxylation is 1. The summed E-state index contributed by atoms with van der Waals surface area (Å²) in [5.41, 5.74) is 0.881. The van der Waals surface area contributed by atoms with Gasteiger partial charge in [-0.15, -0.1) is 0 Å². The zero-order valence-electron chi connectivity index (χ0n) is 12.4. The average molecular weight is 326 g/mol. The molecule has 22 heavy (non-hydrogen) atoms. The van der Waals surface area contributed by atoms with Crippen LogP contribution in [0, 0.1) is 18.7 Å². The molecular formula is C15H19FN2O3S. The van der Waals surface area contributed by atoms with E-state index in [1.807, 2.05) is 0 Å². The first-order valence-electron chi connectivity index (χ1n) is 7.00. The second-order valence-electron chi connectivity index (χ2n) is 5.43. The molecular weight excluding hydrogens is 307 g/mol. The van der Waals surface area contributed by atoms with Gasteiger partial charge in [-0.1, -0.05) is 6.58 Å². The molecule has 1 amide bonds. The number of rotatable bonds is 5. The van der Waals surface area contributed by atoms with Gasteiger partial charge in [0.05, 0.1) is 0 Å². The van der Waals surface area contributed by atoms with Crippen LogP contribution < -0.4 is 4.72 Å². The van der Waals surface area contributed by atoms with Crippen LogP contribution in [0.4, 0.5) is 4.39 Å². The molecule has 5 nitrogen and oxygen atoms in total. The van der Waals surface area contributed by atoms with Crippen molar-refractivity contribution in [3.8, 4) is 0 Å². The molecule has 1 aliphatic rings. The van der Waals surface area contributed by atoms with Crippen molar-refractivity contribution < 1.29 is 17.6 Å². The second kappa shape index (κ2) is 6.58. The Bertz CT molecular complexity index is 688. The van der Waals surface area contributed by atoms with Gasteiger partial charge in [-0.3, -0.25) is 4.79 Å². The van der Waals surface area contributed by atoms with Crippen molar-refractivity contribution in [3.63, 3.8) is 0 Å². The van der Waals surface area contributed by atoms with Gasteiger partial charge in [0, 0.05) is 30.6 Å². The van der Waals surface area contributed by atoms with Crippen molar-refractivity contribution >= 4 is 15.9 Å². The van der Waals surface area contributed by atoms with E-state index in [4.69, 9.17) is 0 Å². The van der Waals surface area contributed by atoms with Crippen LogP contribution in [0.25, 0.3) is 0 Å². The largest absolute Gasteiger partial charge is 0.338 e. The number of benzene rings is 1. The normalized spacial score (nSPS) is 18.5. The maximum atomic E-state index is 13.2. The number of nitrogens with zero attached hydrogens (tertiary/aromatic N) is 1. The number of nitrogens with one attached hydrogen (secondary N) is 1. The van der Waals surface area contributed by atoms with Gasteiger partial charge in [-0.05, 0) is 43.0 Å². The number of amides is 1. The molecule has 1 aromatic carbocycles. The number of carbonyl (C=O) groups excluding carboxylic acids is 1. The van der Waals surface area contributed by atoms with Crippen LogP contribution in [0.15, 0.2) is 30.2 Å². The highest BCUT2D eigenvalue weighted by molar-refractivity contribution is 7.92. The molecule has 1 aromatic rings. The highest BCUT2D eigenvalue weighted by Gasteiger charge is 2.27. The standard InChI is InChI=1S/C15H19FN2O3S/c1-3-22(20,21)17-9-12-6-7-18(10-12)15(19)13-4-5-14(16)11(2)8-13/h3-5,8,12,17H,1,6-7,9-10H2,2H3. The van der Waals surface area contributed by atoms with Gasteiger partial charge in [-0.2, -0.15) is 0 Å². The smallest absolute Gasteiger partial charge is 0.253 e. The Morgan fingerprint density at radius 2 is 2.27 bits per heavy atom. The van der Waals surface area contributed by atoms with E-state index in [1.165, 1.54) is 18.2 Å². The summed E-state index contributed by atoms with van der Waals surface area (Å²) in [6, 6.07) is 4.29. The molecule has 0 radical (unpaired) electrons. The van der Waals surface area contributed by atoms with Gasteiger partial charge in [0.1, 0.15) is 5.82 Å². The van der Waals surface area contributed by atoms with Gasteiger partial charge in [0.2, 0.25) is 10.0 Å². The monoisotopic (exact) mass is 326 g/mol. The summed E-state index contributed by atoms with van der Waals surface area (Å²) >= 11 is 0. The summed E-state index contributed by atoms with van der Waals surface area (Å²) in [7, 11) is -3.44. The Hall–Kier alpha value is -1.73. The first kappa shape index (κ1) is 16.6. The van der Waals surface area contributed by atoms with Gasteiger partial charge in [0.25, 0.3) is 5.91 Å². The summed E-state index contributed by atoms with van der Waals surface area (Å²) in [6.07, 6.45) is 0.728. The summed E-state index contributed by atoms with van der Waals surface area (Å²) < 4.78 is 38.3. The number of hydrogen-bond acceptors (Lipinski definition) is 3. The van der Waals surface area contributed by atoms with Gasteiger partial charge >= 0.3 is 0 Å². The van der Waals surface area contributed by atoms with E-state index in [1.54, 1.807) is 11.8 Å². The van der Waals surface area contributed by atoms with Crippen LogP contribution in [-0.4, -0.2) is 38.9 Å². The molecule has 7 heteroatoms. The highest BCUT2D eigenvalue weighted by atomic mass is 32.2. The molecule has 1 heterocycles. The van der Waals surface area contributed by atoms with E-state index < -0.39 is 10.0 Å². The second-order valence-corrected chi connectivity index (χ2v) is 7.14. The van der Waals surface area contributed by atoms with E-state index >= 15 is 0 Å². The molecule has 0 aliphatic carbocycles. The minimum absolute atomic E-state index is 0.0696. The lowest BCUT2D eigenvalue weighted by molar-refractivity contribution is 0.0787. The van der Waals surface area contributed by atoms with Gasteiger partial charge in [-0.25, -0.2) is 17.5 Å². The molecule has 0 saturated carbocycles. The van der Waals surface area contributed by atoms with E-state index in [9.17, 15) is 17.6 Å². The van der Waals surface area contributed by atoms with Crippen molar-refractivity contribution in [2.45, 2.75) is 13.3 Å². The first-order valence-corrected chi connectivity index (χ1v) is 8.54. The van der Waals surface area contributed by atoms with Crippen LogP contribution in [0.3, 0.4) is 0 Å². The third kappa shape index (κ3) is 3.92. The predicted molar refractivity (Wildman–Crippen MR) is 82.3 cm³/mol. The topological polar surface area (TPSA) is 66.5 Å². The Balaban J connectivity index is 1.96. The van der Waals surface area contributed by atoms with Crippen LogP contribution in [0.2, 0.25) is 0 Å². The number of carbonyl (C=O) groups is 1. The van der Waals surface area contributed by atoms with Crippen molar-refractivity contribution in [1.29, 1.82) is 0 Å². The van der Waals surface area contributed by atoms with Crippen LogP contribution in [-0.2, 0) is 10.0 Å².